The normalized spacial score (nSPS) is 13.4. The Morgan fingerprint density at radius 3 is 1.97 bits per heavy atom. The number of hydrogen-bond acceptors (Lipinski definition) is 1. The molecular weight excluding hydrogens is 358 g/mol. The predicted octanol–water partition coefficient (Wildman–Crippen LogP) is 7.22. The first kappa shape index (κ1) is 21.2. The van der Waals surface area contributed by atoms with E-state index in [4.69, 9.17) is 0 Å². The summed E-state index contributed by atoms with van der Waals surface area (Å²) in [5, 5.41) is 10.6. The summed E-state index contributed by atoms with van der Waals surface area (Å²) >= 11 is 0. The van der Waals surface area contributed by atoms with E-state index >= 15 is 0 Å². The van der Waals surface area contributed by atoms with Gasteiger partial charge < -0.3 is 9.67 Å². The van der Waals surface area contributed by atoms with Crippen molar-refractivity contribution in [2.45, 2.75) is 66.3 Å². The van der Waals surface area contributed by atoms with Crippen molar-refractivity contribution in [1.82, 2.24) is 4.57 Å². The third-order valence-corrected chi connectivity index (χ3v) is 5.75. The first-order valence-corrected chi connectivity index (χ1v) is 10.5. The van der Waals surface area contributed by atoms with E-state index in [2.05, 4.69) is 77.4 Å². The van der Waals surface area contributed by atoms with E-state index in [-0.39, 0.29) is 11.5 Å². The van der Waals surface area contributed by atoms with Crippen molar-refractivity contribution in [2.75, 3.05) is 0 Å². The summed E-state index contributed by atoms with van der Waals surface area (Å²) in [5.41, 5.74) is 5.36. The van der Waals surface area contributed by atoms with E-state index in [0.29, 0.717) is 17.4 Å². The van der Waals surface area contributed by atoms with Gasteiger partial charge in [-0.05, 0) is 58.2 Å². The van der Waals surface area contributed by atoms with Gasteiger partial charge in [-0.25, -0.2) is 4.79 Å². The van der Waals surface area contributed by atoms with E-state index in [1.54, 1.807) is 12.1 Å². The minimum absolute atomic E-state index is 0.0400. The molecule has 0 amide bonds. The quantitative estimate of drug-likeness (QED) is 0.499. The molecule has 3 rings (SSSR count). The van der Waals surface area contributed by atoms with Gasteiger partial charge in [0.05, 0.1) is 11.6 Å². The maximum absolute atomic E-state index is 11.3. The molecule has 3 nitrogen and oxygen atoms in total. The first-order valence-electron chi connectivity index (χ1n) is 10.5. The van der Waals surface area contributed by atoms with Gasteiger partial charge in [-0.2, -0.15) is 0 Å². The van der Waals surface area contributed by atoms with Gasteiger partial charge in [0.1, 0.15) is 0 Å². The smallest absolute Gasteiger partial charge is 0.335 e. The minimum atomic E-state index is -0.890. The van der Waals surface area contributed by atoms with Crippen LogP contribution in [-0.2, 0) is 0 Å². The topological polar surface area (TPSA) is 42.2 Å². The third kappa shape index (κ3) is 4.10. The number of rotatable bonds is 5. The van der Waals surface area contributed by atoms with Crippen LogP contribution in [0.25, 0.3) is 10.9 Å². The highest BCUT2D eigenvalue weighted by atomic mass is 16.4. The number of carboxylic acid groups (broad SMARTS) is 1. The van der Waals surface area contributed by atoms with E-state index in [1.165, 1.54) is 22.0 Å². The lowest BCUT2D eigenvalue weighted by molar-refractivity contribution is 0.0697. The average molecular weight is 392 g/mol. The van der Waals surface area contributed by atoms with Crippen LogP contribution >= 0.6 is 0 Å². The molecule has 0 saturated carbocycles. The zero-order valence-corrected chi connectivity index (χ0v) is 18.7. The fourth-order valence-corrected chi connectivity index (χ4v) is 4.22. The molecule has 2 aromatic carbocycles. The number of aromatic nitrogens is 1. The number of nitrogens with zero attached hydrogens (tertiary/aromatic N) is 1. The van der Waals surface area contributed by atoms with Crippen LogP contribution in [-0.4, -0.2) is 15.6 Å². The molecule has 3 heteroatoms. The number of aromatic carboxylic acids is 1. The van der Waals surface area contributed by atoms with Gasteiger partial charge in [0, 0.05) is 17.1 Å². The summed E-state index contributed by atoms with van der Waals surface area (Å²) in [7, 11) is 0. The number of fused-ring (bicyclic) bond motifs is 1. The molecule has 0 fully saturated rings. The fourth-order valence-electron chi connectivity index (χ4n) is 4.22. The molecule has 29 heavy (non-hydrogen) atoms. The van der Waals surface area contributed by atoms with Crippen molar-refractivity contribution in [2.24, 2.45) is 5.41 Å². The SMILES string of the molecule is CC(C)c1ccc2c(c1)c(C(C)C)cn2C(c1ccc(C(=O)O)cc1)C(C)(C)C. The number of carbonyl (C=O) groups is 1. The maximum atomic E-state index is 11.3. The van der Waals surface area contributed by atoms with E-state index in [9.17, 15) is 9.90 Å². The molecule has 1 N–H and O–H groups in total. The second kappa shape index (κ2) is 7.70. The number of carboxylic acids is 1. The second-order valence-corrected chi connectivity index (χ2v) is 9.77. The van der Waals surface area contributed by atoms with Crippen molar-refractivity contribution < 1.29 is 9.90 Å². The van der Waals surface area contributed by atoms with Crippen molar-refractivity contribution >= 4 is 16.9 Å². The Hall–Kier alpha value is -2.55. The van der Waals surface area contributed by atoms with E-state index in [1.807, 2.05) is 12.1 Å². The van der Waals surface area contributed by atoms with Gasteiger partial charge in [0.2, 0.25) is 0 Å². The minimum Gasteiger partial charge on any atom is -0.478 e. The molecule has 0 radical (unpaired) electrons. The van der Waals surface area contributed by atoms with Crippen LogP contribution in [0, 0.1) is 5.41 Å². The molecule has 3 aromatic rings. The Morgan fingerprint density at radius 1 is 0.897 bits per heavy atom. The van der Waals surface area contributed by atoms with Crippen molar-refractivity contribution in [1.29, 1.82) is 0 Å². The molecule has 1 unspecified atom stereocenters. The summed E-state index contributed by atoms with van der Waals surface area (Å²) in [5.74, 6) is 0.0273. The third-order valence-electron chi connectivity index (χ3n) is 5.75. The van der Waals surface area contributed by atoms with E-state index < -0.39 is 5.97 Å². The zero-order valence-electron chi connectivity index (χ0n) is 18.7. The van der Waals surface area contributed by atoms with Crippen molar-refractivity contribution in [3.05, 3.63) is 70.9 Å². The summed E-state index contributed by atoms with van der Waals surface area (Å²) < 4.78 is 2.39. The summed E-state index contributed by atoms with van der Waals surface area (Å²) in [6, 6.07) is 14.3. The molecular formula is C26H33NO2. The molecule has 0 aliphatic carbocycles. The zero-order chi connectivity index (χ0) is 21.5. The molecule has 1 aromatic heterocycles. The number of hydrogen-bond donors (Lipinski definition) is 1. The molecule has 0 spiro atoms. The van der Waals surface area contributed by atoms with Gasteiger partial charge in [-0.15, -0.1) is 0 Å². The van der Waals surface area contributed by atoms with Crippen molar-refractivity contribution in [3.8, 4) is 0 Å². The molecule has 0 saturated heterocycles. The lowest BCUT2D eigenvalue weighted by Crippen LogP contribution is -2.25. The van der Waals surface area contributed by atoms with Crippen LogP contribution in [0.4, 0.5) is 0 Å². The van der Waals surface area contributed by atoms with Crippen molar-refractivity contribution in [3.63, 3.8) is 0 Å². The largest absolute Gasteiger partial charge is 0.478 e. The Bertz CT molecular complexity index is 1020. The molecule has 1 heterocycles. The summed E-state index contributed by atoms with van der Waals surface area (Å²) in [6.07, 6.45) is 2.31. The molecule has 0 aliphatic heterocycles. The van der Waals surface area contributed by atoms with Crippen LogP contribution in [0.2, 0.25) is 0 Å². The lowest BCUT2D eigenvalue weighted by atomic mass is 9.82. The van der Waals surface area contributed by atoms with Crippen LogP contribution in [0.3, 0.4) is 0 Å². The molecule has 0 bridgehead atoms. The van der Waals surface area contributed by atoms with Crippen LogP contribution in [0.1, 0.15) is 93.4 Å². The number of benzene rings is 2. The standard InChI is InChI=1S/C26H33NO2/c1-16(2)20-12-13-23-21(14-20)22(17(3)4)15-27(23)24(26(5,6)7)18-8-10-19(11-9-18)25(28)29/h8-17,24H,1-7H3,(H,28,29). The van der Waals surface area contributed by atoms with Gasteiger partial charge >= 0.3 is 5.97 Å². The summed E-state index contributed by atoms with van der Waals surface area (Å²) in [4.78, 5) is 11.3. The van der Waals surface area contributed by atoms with Gasteiger partial charge in [-0.3, -0.25) is 0 Å². The predicted molar refractivity (Wildman–Crippen MR) is 121 cm³/mol. The highest BCUT2D eigenvalue weighted by Gasteiger charge is 2.30. The average Bonchev–Trinajstić information content (AvgIpc) is 3.00. The van der Waals surface area contributed by atoms with Crippen LogP contribution in [0.5, 0.6) is 0 Å². The highest BCUT2D eigenvalue weighted by Crippen LogP contribution is 2.41. The van der Waals surface area contributed by atoms with Gasteiger partial charge in [-0.1, -0.05) is 66.7 Å². The maximum Gasteiger partial charge on any atom is 0.335 e. The van der Waals surface area contributed by atoms with Crippen LogP contribution in [0.15, 0.2) is 48.7 Å². The van der Waals surface area contributed by atoms with Gasteiger partial charge in [0.15, 0.2) is 0 Å². The van der Waals surface area contributed by atoms with Crippen LogP contribution < -0.4 is 0 Å². The first-order chi connectivity index (χ1) is 13.5. The Morgan fingerprint density at radius 2 is 1.48 bits per heavy atom. The highest BCUT2D eigenvalue weighted by molar-refractivity contribution is 5.88. The lowest BCUT2D eigenvalue weighted by Gasteiger charge is -2.33. The van der Waals surface area contributed by atoms with E-state index in [0.717, 1.165) is 5.56 Å². The summed E-state index contributed by atoms with van der Waals surface area (Å²) in [6.45, 7) is 15.7. The van der Waals surface area contributed by atoms with Gasteiger partial charge in [0.25, 0.3) is 0 Å². The Balaban J connectivity index is 2.24. The Kier molecular flexibility index (Phi) is 5.62. The molecule has 1 atom stereocenters. The Labute approximate surface area is 174 Å². The second-order valence-electron chi connectivity index (χ2n) is 9.77. The molecule has 0 aliphatic rings. The molecule has 154 valence electrons. The fraction of sp³-hybridized carbons (Fsp3) is 0.423. The monoisotopic (exact) mass is 391 g/mol.